The van der Waals surface area contributed by atoms with Gasteiger partial charge in [0.05, 0.1) is 45.0 Å². The minimum absolute atomic E-state index is 0.00536. The molecule has 0 bridgehead atoms. The smallest absolute Gasteiger partial charge is 0.338 e. The van der Waals surface area contributed by atoms with Crippen LogP contribution < -0.4 is 19.6 Å². The van der Waals surface area contributed by atoms with Crippen molar-refractivity contribution in [2.45, 2.75) is 39.7 Å². The molecule has 0 aliphatic carbocycles. The van der Waals surface area contributed by atoms with Crippen molar-refractivity contribution < 1.29 is 23.6 Å². The molecule has 1 atom stereocenters. The molecule has 3 heterocycles. The fraction of sp³-hybridized carbons (Fsp3) is 0.258. The molecule has 1 aliphatic rings. The molecule has 10 nitrogen and oxygen atoms in total. The molecule has 0 radical (unpaired) electrons. The van der Waals surface area contributed by atoms with Crippen LogP contribution in [0.15, 0.2) is 78.5 Å². The number of carbonyl (C=O) groups is 1. The SMILES string of the molecule is CCCC1=C(C(=O)OCC)[C@H](c2ccc(OC)c(Br)c2)n2c(s/c(=C\c3ccc(-c4cccc([N+](=O)[O-])c4C)o3)c2=O)=N1. The van der Waals surface area contributed by atoms with Crippen molar-refractivity contribution in [3.05, 3.63) is 111 Å². The predicted octanol–water partition coefficient (Wildman–Crippen LogP) is 5.83. The van der Waals surface area contributed by atoms with Crippen LogP contribution in [0.5, 0.6) is 5.75 Å². The highest BCUT2D eigenvalue weighted by Gasteiger charge is 2.34. The van der Waals surface area contributed by atoms with Gasteiger partial charge in [-0.15, -0.1) is 0 Å². The third-order valence-electron chi connectivity index (χ3n) is 7.05. The van der Waals surface area contributed by atoms with Gasteiger partial charge in [-0.25, -0.2) is 9.79 Å². The van der Waals surface area contributed by atoms with Crippen LogP contribution in [0, 0.1) is 17.0 Å². The number of thiazole rings is 1. The number of hydrogen-bond donors (Lipinski definition) is 0. The number of rotatable bonds is 9. The van der Waals surface area contributed by atoms with Gasteiger partial charge in [0.25, 0.3) is 11.2 Å². The highest BCUT2D eigenvalue weighted by molar-refractivity contribution is 9.10. The van der Waals surface area contributed by atoms with E-state index < -0.39 is 16.9 Å². The number of esters is 1. The van der Waals surface area contributed by atoms with Crippen LogP contribution in [0.2, 0.25) is 0 Å². The Hall–Kier alpha value is -4.29. The normalized spacial score (nSPS) is 14.8. The molecule has 1 aliphatic heterocycles. The van der Waals surface area contributed by atoms with E-state index in [1.54, 1.807) is 57.4 Å². The van der Waals surface area contributed by atoms with Crippen LogP contribution in [-0.4, -0.2) is 29.2 Å². The molecule has 0 saturated carbocycles. The molecular formula is C31H28BrN3O7S. The summed E-state index contributed by atoms with van der Waals surface area (Å²) in [7, 11) is 1.56. The first-order chi connectivity index (χ1) is 20.7. The fourth-order valence-corrected chi connectivity index (χ4v) is 6.64. The lowest BCUT2D eigenvalue weighted by Gasteiger charge is -2.26. The summed E-state index contributed by atoms with van der Waals surface area (Å²) in [5.74, 6) is 0.924. The lowest BCUT2D eigenvalue weighted by atomic mass is 9.94. The quantitative estimate of drug-likeness (QED) is 0.125. The van der Waals surface area contributed by atoms with Crippen LogP contribution in [0.1, 0.15) is 49.6 Å². The van der Waals surface area contributed by atoms with Crippen molar-refractivity contribution in [2.24, 2.45) is 4.99 Å². The van der Waals surface area contributed by atoms with Gasteiger partial charge >= 0.3 is 5.97 Å². The van der Waals surface area contributed by atoms with E-state index in [-0.39, 0.29) is 17.9 Å². The molecule has 0 fully saturated rings. The number of ether oxygens (including phenoxy) is 2. The van der Waals surface area contributed by atoms with Crippen LogP contribution in [0.25, 0.3) is 17.4 Å². The molecule has 2 aromatic carbocycles. The number of allylic oxidation sites excluding steroid dienone is 1. The van der Waals surface area contributed by atoms with Gasteiger partial charge in [0.2, 0.25) is 0 Å². The molecule has 0 N–H and O–H groups in total. The van der Waals surface area contributed by atoms with Crippen molar-refractivity contribution in [3.63, 3.8) is 0 Å². The maximum absolute atomic E-state index is 14.0. The summed E-state index contributed by atoms with van der Waals surface area (Å²) in [6.45, 7) is 5.58. The predicted molar refractivity (Wildman–Crippen MR) is 166 cm³/mol. The Morgan fingerprint density at radius 2 is 2.02 bits per heavy atom. The summed E-state index contributed by atoms with van der Waals surface area (Å²) >= 11 is 4.73. The van der Waals surface area contributed by atoms with Crippen LogP contribution in [0.3, 0.4) is 0 Å². The van der Waals surface area contributed by atoms with Gasteiger partial charge in [-0.2, -0.15) is 0 Å². The second-order valence-electron chi connectivity index (χ2n) is 9.72. The Balaban J connectivity index is 1.67. The Bertz CT molecular complexity index is 1950. The van der Waals surface area contributed by atoms with E-state index in [0.717, 1.165) is 6.42 Å². The van der Waals surface area contributed by atoms with Crippen LogP contribution in [0.4, 0.5) is 5.69 Å². The standard InChI is InChI=1S/C31H28BrN3O7S/c1-5-8-22-27(30(37)41-6-2)28(18-11-13-25(40-4)21(32)15-18)34-29(36)26(43-31(34)33-22)16-19-12-14-24(42-19)20-9-7-10-23(17(20)3)35(38)39/h7,9-16,28H,5-6,8H2,1-4H3/b26-16-/t28-/m0/s1. The third kappa shape index (κ3) is 5.72. The van der Waals surface area contributed by atoms with E-state index in [1.807, 2.05) is 19.1 Å². The van der Waals surface area contributed by atoms with E-state index in [1.165, 1.54) is 22.0 Å². The zero-order chi connectivity index (χ0) is 30.8. The zero-order valence-electron chi connectivity index (χ0n) is 23.9. The molecule has 4 aromatic rings. The minimum atomic E-state index is -0.777. The van der Waals surface area contributed by atoms with Gasteiger partial charge in [-0.3, -0.25) is 19.5 Å². The van der Waals surface area contributed by atoms with E-state index in [4.69, 9.17) is 18.9 Å². The highest BCUT2D eigenvalue weighted by Crippen LogP contribution is 2.36. The van der Waals surface area contributed by atoms with E-state index in [2.05, 4.69) is 15.9 Å². The molecule has 222 valence electrons. The third-order valence-corrected chi connectivity index (χ3v) is 8.65. The lowest BCUT2D eigenvalue weighted by Crippen LogP contribution is -2.40. The number of nitro benzene ring substituents is 1. The van der Waals surface area contributed by atoms with Gasteiger partial charge in [0.1, 0.15) is 17.3 Å². The van der Waals surface area contributed by atoms with Crippen LogP contribution in [-0.2, 0) is 9.53 Å². The second kappa shape index (κ2) is 12.5. The highest BCUT2D eigenvalue weighted by atomic mass is 79.9. The Morgan fingerprint density at radius 1 is 1.23 bits per heavy atom. The second-order valence-corrected chi connectivity index (χ2v) is 11.6. The van der Waals surface area contributed by atoms with Crippen LogP contribution >= 0.6 is 27.3 Å². The van der Waals surface area contributed by atoms with Gasteiger partial charge < -0.3 is 13.9 Å². The molecule has 2 aromatic heterocycles. The Kier molecular flexibility index (Phi) is 8.79. The number of nitrogens with zero attached hydrogens (tertiary/aromatic N) is 3. The summed E-state index contributed by atoms with van der Waals surface area (Å²) in [6.07, 6.45) is 2.88. The Labute approximate surface area is 258 Å². The number of fused-ring (bicyclic) bond motifs is 1. The molecule has 43 heavy (non-hydrogen) atoms. The van der Waals surface area contributed by atoms with E-state index in [9.17, 15) is 19.7 Å². The minimum Gasteiger partial charge on any atom is -0.496 e. The first kappa shape index (κ1) is 30.2. The number of nitro groups is 1. The molecule has 0 saturated heterocycles. The number of aromatic nitrogens is 1. The average Bonchev–Trinajstić information content (AvgIpc) is 3.56. The largest absolute Gasteiger partial charge is 0.496 e. The maximum atomic E-state index is 14.0. The molecule has 12 heteroatoms. The molecule has 0 spiro atoms. The number of furan rings is 1. The molecule has 0 unspecified atom stereocenters. The number of hydrogen-bond acceptors (Lipinski definition) is 9. The van der Waals surface area contributed by atoms with Crippen molar-refractivity contribution in [3.8, 4) is 17.1 Å². The summed E-state index contributed by atoms with van der Waals surface area (Å²) in [5, 5.41) is 11.4. The fourth-order valence-electron chi connectivity index (χ4n) is 5.08. The van der Waals surface area contributed by atoms with Crippen molar-refractivity contribution in [2.75, 3.05) is 13.7 Å². The van der Waals surface area contributed by atoms with Gasteiger partial charge in [0, 0.05) is 23.3 Å². The zero-order valence-corrected chi connectivity index (χ0v) is 26.3. The summed E-state index contributed by atoms with van der Waals surface area (Å²) in [6, 6.07) is 12.9. The lowest BCUT2D eigenvalue weighted by molar-refractivity contribution is -0.385. The number of carbonyl (C=O) groups excluding carboxylic acids is 1. The monoisotopic (exact) mass is 665 g/mol. The van der Waals surface area contributed by atoms with E-state index >= 15 is 0 Å². The Morgan fingerprint density at radius 3 is 2.70 bits per heavy atom. The maximum Gasteiger partial charge on any atom is 0.338 e. The first-order valence-electron chi connectivity index (χ1n) is 13.6. The van der Waals surface area contributed by atoms with Gasteiger partial charge in [-0.1, -0.05) is 42.9 Å². The van der Waals surface area contributed by atoms with Crippen molar-refractivity contribution in [1.82, 2.24) is 4.57 Å². The van der Waals surface area contributed by atoms with Crippen molar-refractivity contribution in [1.29, 1.82) is 0 Å². The number of halogens is 1. The summed E-state index contributed by atoms with van der Waals surface area (Å²) < 4.78 is 19.4. The number of methoxy groups -OCH3 is 1. The number of benzene rings is 2. The van der Waals surface area contributed by atoms with Gasteiger partial charge in [0.15, 0.2) is 4.80 Å². The average molecular weight is 667 g/mol. The van der Waals surface area contributed by atoms with Gasteiger partial charge in [-0.05, 0) is 66.0 Å². The van der Waals surface area contributed by atoms with E-state index in [0.29, 0.717) is 65.5 Å². The van der Waals surface area contributed by atoms with Crippen molar-refractivity contribution >= 4 is 45.0 Å². The summed E-state index contributed by atoms with van der Waals surface area (Å²) in [5.41, 5.74) is 2.30. The molecule has 0 amide bonds. The molecular weight excluding hydrogens is 638 g/mol. The summed E-state index contributed by atoms with van der Waals surface area (Å²) in [4.78, 5) is 43.6. The topological polar surface area (TPSA) is 126 Å². The first-order valence-corrected chi connectivity index (χ1v) is 15.2. The molecule has 5 rings (SSSR count).